The minimum atomic E-state index is -3.83. The summed E-state index contributed by atoms with van der Waals surface area (Å²) in [5.74, 6) is -2.18. The predicted octanol–water partition coefficient (Wildman–Crippen LogP) is 2.63. The molecular weight excluding hydrogens is 511 g/mol. The van der Waals surface area contributed by atoms with Crippen LogP contribution in [0.5, 0.6) is 0 Å². The van der Waals surface area contributed by atoms with Crippen LogP contribution in [0.15, 0.2) is 70.7 Å². The van der Waals surface area contributed by atoms with Gasteiger partial charge in [-0.1, -0.05) is 30.3 Å². The van der Waals surface area contributed by atoms with E-state index in [1.165, 1.54) is 28.0 Å². The Morgan fingerprint density at radius 1 is 0.921 bits per heavy atom. The van der Waals surface area contributed by atoms with E-state index in [-0.39, 0.29) is 33.9 Å². The number of sulfone groups is 1. The fourth-order valence-electron chi connectivity index (χ4n) is 5.00. The fourth-order valence-corrected chi connectivity index (χ4v) is 6.44. The summed E-state index contributed by atoms with van der Waals surface area (Å²) in [4.78, 5) is 37.5. The molecule has 1 aromatic heterocycles. The molecule has 198 valence electrons. The van der Waals surface area contributed by atoms with Crippen molar-refractivity contribution in [3.8, 4) is 0 Å². The molecule has 5 rings (SSSR count). The summed E-state index contributed by atoms with van der Waals surface area (Å²) in [6.45, 7) is 0.608. The lowest BCUT2D eigenvalue weighted by molar-refractivity contribution is -0.143. The Bertz CT molecular complexity index is 1470. The van der Waals surface area contributed by atoms with Crippen molar-refractivity contribution in [1.29, 1.82) is 0 Å². The molecule has 12 heteroatoms. The zero-order chi connectivity index (χ0) is 26.9. The second-order valence-corrected chi connectivity index (χ2v) is 11.1. The lowest BCUT2D eigenvalue weighted by atomic mass is 9.97. The van der Waals surface area contributed by atoms with Gasteiger partial charge in [0, 0.05) is 13.1 Å². The maximum absolute atomic E-state index is 14.6. The second-order valence-electron chi connectivity index (χ2n) is 9.23. The summed E-state index contributed by atoms with van der Waals surface area (Å²) < 4.78 is 41.2. The number of nitrogens with one attached hydrogen (secondary N) is 1. The van der Waals surface area contributed by atoms with Crippen LogP contribution in [0.25, 0.3) is 0 Å². The molecule has 2 aliphatic rings. The van der Waals surface area contributed by atoms with Gasteiger partial charge in [0.1, 0.15) is 18.4 Å². The molecule has 38 heavy (non-hydrogen) atoms. The monoisotopic (exact) mass is 538 g/mol. The highest BCUT2D eigenvalue weighted by Gasteiger charge is 2.41. The molecule has 2 saturated heterocycles. The van der Waals surface area contributed by atoms with E-state index < -0.39 is 33.6 Å². The zero-order valence-electron chi connectivity index (χ0n) is 20.5. The van der Waals surface area contributed by atoms with Gasteiger partial charge in [0.2, 0.25) is 21.6 Å². The van der Waals surface area contributed by atoms with Crippen molar-refractivity contribution < 1.29 is 22.4 Å². The third kappa shape index (κ3) is 4.67. The third-order valence-corrected chi connectivity index (χ3v) is 8.70. The maximum atomic E-state index is 14.6. The van der Waals surface area contributed by atoms with E-state index in [2.05, 4.69) is 15.3 Å². The van der Waals surface area contributed by atoms with Gasteiger partial charge in [0.15, 0.2) is 11.6 Å². The number of anilines is 3. The molecule has 0 aliphatic carbocycles. The number of halogens is 1. The minimum Gasteiger partial charge on any atom is -0.381 e. The number of aromatic nitrogens is 2. The Balaban J connectivity index is 1.38. The number of hydrogen-bond acceptors (Lipinski definition) is 8. The third-order valence-electron chi connectivity index (χ3n) is 6.87. The van der Waals surface area contributed by atoms with Crippen molar-refractivity contribution in [1.82, 2.24) is 14.9 Å². The lowest BCUT2D eigenvalue weighted by Crippen LogP contribution is -2.59. The summed E-state index contributed by atoms with van der Waals surface area (Å²) in [5.41, 5.74) is 5.88. The lowest BCUT2D eigenvalue weighted by Gasteiger charge is -2.41. The SMILES string of the molecule is Nc1ncnc(N2CCCC(N3CCCC(Nc4ccccc4S(=O)(=O)c4ccccc4)C3=O)C2=O)c1F. The standard InChI is InChI=1S/C26H27FN6O4S/c27-22-23(28)29-16-30-24(22)33-15-7-12-20(26(33)35)32-14-6-11-19(25(32)34)31-18-10-4-5-13-21(18)38(36,37)17-8-2-1-3-9-17/h1-5,8-10,13,16,19-20,31H,6-7,11-12,14-15H2,(H2,28,29,30). The van der Waals surface area contributed by atoms with E-state index in [9.17, 15) is 22.4 Å². The van der Waals surface area contributed by atoms with E-state index in [1.807, 2.05) is 0 Å². The normalized spacial score (nSPS) is 20.4. The van der Waals surface area contributed by atoms with Gasteiger partial charge in [-0.15, -0.1) is 0 Å². The van der Waals surface area contributed by atoms with Gasteiger partial charge >= 0.3 is 0 Å². The molecule has 2 atom stereocenters. The number of carbonyl (C=O) groups is 2. The summed E-state index contributed by atoms with van der Waals surface area (Å²) in [7, 11) is -3.83. The molecule has 0 radical (unpaired) electrons. The topological polar surface area (TPSA) is 139 Å². The average molecular weight is 539 g/mol. The Morgan fingerprint density at radius 2 is 1.63 bits per heavy atom. The highest BCUT2D eigenvalue weighted by atomic mass is 32.2. The van der Waals surface area contributed by atoms with Crippen LogP contribution < -0.4 is 16.0 Å². The summed E-state index contributed by atoms with van der Waals surface area (Å²) in [6.07, 6.45) is 3.14. The Morgan fingerprint density at radius 3 is 2.42 bits per heavy atom. The molecule has 2 unspecified atom stereocenters. The Hall–Kier alpha value is -4.06. The summed E-state index contributed by atoms with van der Waals surface area (Å²) in [5, 5.41) is 3.13. The number of hydrogen-bond donors (Lipinski definition) is 2. The largest absolute Gasteiger partial charge is 0.381 e. The number of nitrogen functional groups attached to an aromatic ring is 1. The predicted molar refractivity (Wildman–Crippen MR) is 138 cm³/mol. The zero-order valence-corrected chi connectivity index (χ0v) is 21.3. The molecule has 3 N–H and O–H groups in total. The van der Waals surface area contributed by atoms with Crippen LogP contribution in [0.4, 0.5) is 21.7 Å². The number of likely N-dealkylation sites (tertiary alicyclic amines) is 1. The second kappa shape index (κ2) is 10.4. The molecule has 0 spiro atoms. The average Bonchev–Trinajstić information content (AvgIpc) is 2.93. The number of piperidine rings is 2. The number of para-hydroxylation sites is 1. The van der Waals surface area contributed by atoms with Crippen molar-refractivity contribution in [2.45, 2.75) is 47.6 Å². The Labute approximate surface area is 219 Å². The van der Waals surface area contributed by atoms with Gasteiger partial charge in [0.25, 0.3) is 5.91 Å². The van der Waals surface area contributed by atoms with Crippen molar-refractivity contribution in [2.75, 3.05) is 29.0 Å². The van der Waals surface area contributed by atoms with Gasteiger partial charge in [-0.2, -0.15) is 4.39 Å². The van der Waals surface area contributed by atoms with Crippen LogP contribution >= 0.6 is 0 Å². The van der Waals surface area contributed by atoms with E-state index in [1.54, 1.807) is 36.4 Å². The van der Waals surface area contributed by atoms with Crippen LogP contribution in [0, 0.1) is 5.82 Å². The molecule has 2 aliphatic heterocycles. The van der Waals surface area contributed by atoms with Gasteiger partial charge in [-0.25, -0.2) is 18.4 Å². The quantitative estimate of drug-likeness (QED) is 0.488. The maximum Gasteiger partial charge on any atom is 0.251 e. The van der Waals surface area contributed by atoms with Crippen LogP contribution in [-0.2, 0) is 19.4 Å². The molecule has 10 nitrogen and oxygen atoms in total. The number of rotatable bonds is 6. The molecule has 2 fully saturated rings. The van der Waals surface area contributed by atoms with Crippen LogP contribution in [0.2, 0.25) is 0 Å². The first-order valence-electron chi connectivity index (χ1n) is 12.3. The Kier molecular flexibility index (Phi) is 6.98. The summed E-state index contributed by atoms with van der Waals surface area (Å²) >= 11 is 0. The molecule has 0 bridgehead atoms. The number of carbonyl (C=O) groups excluding carboxylic acids is 2. The van der Waals surface area contributed by atoms with Gasteiger partial charge in [-0.3, -0.25) is 14.5 Å². The van der Waals surface area contributed by atoms with Gasteiger partial charge < -0.3 is 16.0 Å². The van der Waals surface area contributed by atoms with E-state index in [4.69, 9.17) is 5.73 Å². The number of nitrogens with two attached hydrogens (primary N) is 1. The van der Waals surface area contributed by atoms with Crippen molar-refractivity contribution in [2.24, 2.45) is 0 Å². The highest BCUT2D eigenvalue weighted by molar-refractivity contribution is 7.91. The molecule has 2 amide bonds. The van der Waals surface area contributed by atoms with Crippen molar-refractivity contribution in [3.63, 3.8) is 0 Å². The molecule has 0 saturated carbocycles. The van der Waals surface area contributed by atoms with Gasteiger partial charge in [0.05, 0.1) is 15.5 Å². The molecule has 3 aromatic rings. The first-order chi connectivity index (χ1) is 18.3. The smallest absolute Gasteiger partial charge is 0.251 e. The van der Waals surface area contributed by atoms with Crippen LogP contribution in [0.1, 0.15) is 25.7 Å². The van der Waals surface area contributed by atoms with E-state index in [0.29, 0.717) is 37.9 Å². The van der Waals surface area contributed by atoms with E-state index in [0.717, 1.165) is 6.33 Å². The number of benzene rings is 2. The fraction of sp³-hybridized carbons (Fsp3) is 0.308. The van der Waals surface area contributed by atoms with Crippen LogP contribution in [0.3, 0.4) is 0 Å². The van der Waals surface area contributed by atoms with Crippen molar-refractivity contribution in [3.05, 3.63) is 66.7 Å². The first-order valence-corrected chi connectivity index (χ1v) is 13.8. The molecule has 2 aromatic carbocycles. The number of amides is 2. The van der Waals surface area contributed by atoms with Crippen LogP contribution in [-0.4, -0.2) is 60.3 Å². The van der Waals surface area contributed by atoms with Gasteiger partial charge in [-0.05, 0) is 49.9 Å². The highest BCUT2D eigenvalue weighted by Crippen LogP contribution is 2.31. The number of nitrogens with zero attached hydrogens (tertiary/aromatic N) is 4. The van der Waals surface area contributed by atoms with E-state index >= 15 is 0 Å². The van der Waals surface area contributed by atoms with Crippen molar-refractivity contribution >= 4 is 39.0 Å². The molecule has 3 heterocycles. The minimum absolute atomic E-state index is 0.0628. The molecular formula is C26H27FN6O4S. The summed E-state index contributed by atoms with van der Waals surface area (Å²) in [6, 6.07) is 13.0. The first kappa shape index (κ1) is 25.6.